The number of aromatic amines is 1. The SMILES string of the molecule is Cc1nc2ccc(C(=O)N3CCC4(CC3)CC(=O)C(=NC(C)C)C(=CN)C4)cc2[nH]1. The minimum atomic E-state index is -0.125. The Hall–Kier alpha value is -2.96. The van der Waals surface area contributed by atoms with E-state index >= 15 is 0 Å². The monoisotopic (exact) mass is 407 g/mol. The van der Waals surface area contributed by atoms with Crippen LogP contribution in [0, 0.1) is 12.3 Å². The van der Waals surface area contributed by atoms with Crippen molar-refractivity contribution >= 4 is 28.4 Å². The lowest BCUT2D eigenvalue weighted by molar-refractivity contribution is -0.116. The van der Waals surface area contributed by atoms with Gasteiger partial charge in [-0.2, -0.15) is 0 Å². The number of rotatable bonds is 2. The third-order valence-electron chi connectivity index (χ3n) is 6.22. The van der Waals surface area contributed by atoms with Gasteiger partial charge in [0, 0.05) is 31.1 Å². The molecule has 1 amide bonds. The number of nitrogens with one attached hydrogen (secondary N) is 1. The number of aromatic nitrogens is 2. The summed E-state index contributed by atoms with van der Waals surface area (Å²) in [5.74, 6) is 0.935. The van der Waals surface area contributed by atoms with Gasteiger partial charge in [0.05, 0.1) is 11.0 Å². The number of aliphatic imine (C=N–C) groups is 1. The quantitative estimate of drug-likeness (QED) is 0.798. The van der Waals surface area contributed by atoms with E-state index in [1.807, 2.05) is 43.9 Å². The first-order valence-corrected chi connectivity index (χ1v) is 10.6. The summed E-state index contributed by atoms with van der Waals surface area (Å²) in [5, 5.41) is 0. The van der Waals surface area contributed by atoms with Gasteiger partial charge in [0.15, 0.2) is 5.78 Å². The second-order valence-corrected chi connectivity index (χ2v) is 8.89. The number of imidazole rings is 1. The highest BCUT2D eigenvalue weighted by Gasteiger charge is 2.43. The van der Waals surface area contributed by atoms with Crippen LogP contribution in [0.25, 0.3) is 11.0 Å². The van der Waals surface area contributed by atoms with Crippen LogP contribution in [-0.4, -0.2) is 51.4 Å². The number of hydrogen-bond acceptors (Lipinski definition) is 5. The fourth-order valence-corrected chi connectivity index (χ4v) is 4.70. The average molecular weight is 408 g/mol. The minimum absolute atomic E-state index is 0.0257. The molecule has 1 spiro atoms. The van der Waals surface area contributed by atoms with E-state index in [4.69, 9.17) is 5.73 Å². The van der Waals surface area contributed by atoms with E-state index < -0.39 is 0 Å². The topological polar surface area (TPSA) is 104 Å². The summed E-state index contributed by atoms with van der Waals surface area (Å²) < 4.78 is 0. The number of carbonyl (C=O) groups excluding carboxylic acids is 2. The van der Waals surface area contributed by atoms with Crippen molar-refractivity contribution in [3.63, 3.8) is 0 Å². The predicted octanol–water partition coefficient (Wildman–Crippen LogP) is 3.15. The van der Waals surface area contributed by atoms with Crippen LogP contribution in [0.4, 0.5) is 0 Å². The number of piperidine rings is 1. The maximum absolute atomic E-state index is 13.1. The van der Waals surface area contributed by atoms with Crippen LogP contribution < -0.4 is 5.73 Å². The lowest BCUT2D eigenvalue weighted by Crippen LogP contribution is -2.47. The molecule has 1 saturated carbocycles. The van der Waals surface area contributed by atoms with Crippen molar-refractivity contribution in [2.24, 2.45) is 16.1 Å². The smallest absolute Gasteiger partial charge is 0.253 e. The zero-order chi connectivity index (χ0) is 21.5. The molecule has 0 atom stereocenters. The Morgan fingerprint density at radius 2 is 2.03 bits per heavy atom. The number of benzene rings is 1. The average Bonchev–Trinajstić information content (AvgIpc) is 3.09. The number of amides is 1. The molecule has 1 aromatic carbocycles. The number of likely N-dealkylation sites (tertiary alicyclic amines) is 1. The molecule has 3 N–H and O–H groups in total. The molecule has 158 valence electrons. The summed E-state index contributed by atoms with van der Waals surface area (Å²) in [6, 6.07) is 5.65. The van der Waals surface area contributed by atoms with Gasteiger partial charge in [-0.3, -0.25) is 14.6 Å². The van der Waals surface area contributed by atoms with Gasteiger partial charge in [-0.15, -0.1) is 0 Å². The first-order valence-electron chi connectivity index (χ1n) is 10.6. The summed E-state index contributed by atoms with van der Waals surface area (Å²) in [6.45, 7) is 7.11. The summed E-state index contributed by atoms with van der Waals surface area (Å²) in [6.07, 6.45) is 4.36. The second kappa shape index (κ2) is 7.70. The van der Waals surface area contributed by atoms with Crippen molar-refractivity contribution in [1.29, 1.82) is 0 Å². The number of nitrogens with zero attached hydrogens (tertiary/aromatic N) is 3. The van der Waals surface area contributed by atoms with Crippen LogP contribution in [-0.2, 0) is 4.79 Å². The van der Waals surface area contributed by atoms with E-state index in [-0.39, 0.29) is 23.1 Å². The van der Waals surface area contributed by atoms with Crippen molar-refractivity contribution in [3.8, 4) is 0 Å². The Morgan fingerprint density at radius 3 is 2.70 bits per heavy atom. The van der Waals surface area contributed by atoms with Gasteiger partial charge in [-0.05, 0) is 75.4 Å². The van der Waals surface area contributed by atoms with Crippen LogP contribution in [0.1, 0.15) is 55.7 Å². The molecule has 2 heterocycles. The molecule has 2 aromatic rings. The van der Waals surface area contributed by atoms with Crippen LogP contribution in [0.15, 0.2) is 35.0 Å². The molecule has 2 fully saturated rings. The Morgan fingerprint density at radius 1 is 1.30 bits per heavy atom. The molecule has 1 aromatic heterocycles. The van der Waals surface area contributed by atoms with Crippen LogP contribution in [0.2, 0.25) is 0 Å². The Labute approximate surface area is 176 Å². The molecule has 4 rings (SSSR count). The fourth-order valence-electron chi connectivity index (χ4n) is 4.70. The highest BCUT2D eigenvalue weighted by atomic mass is 16.2. The largest absolute Gasteiger partial charge is 0.404 e. The van der Waals surface area contributed by atoms with E-state index in [0.29, 0.717) is 30.8 Å². The van der Waals surface area contributed by atoms with E-state index in [2.05, 4.69) is 15.0 Å². The first-order chi connectivity index (χ1) is 14.3. The van der Waals surface area contributed by atoms with E-state index in [1.54, 1.807) is 6.20 Å². The third-order valence-corrected chi connectivity index (χ3v) is 6.22. The molecule has 30 heavy (non-hydrogen) atoms. The van der Waals surface area contributed by atoms with Gasteiger partial charge in [0.25, 0.3) is 5.91 Å². The number of H-pyrrole nitrogens is 1. The van der Waals surface area contributed by atoms with Crippen LogP contribution in [0.3, 0.4) is 0 Å². The van der Waals surface area contributed by atoms with Crippen LogP contribution in [0.5, 0.6) is 0 Å². The Kier molecular flexibility index (Phi) is 5.22. The maximum Gasteiger partial charge on any atom is 0.253 e. The molecule has 1 saturated heterocycles. The third kappa shape index (κ3) is 3.76. The zero-order valence-corrected chi connectivity index (χ0v) is 17.9. The molecule has 1 aliphatic heterocycles. The van der Waals surface area contributed by atoms with Gasteiger partial charge in [0.2, 0.25) is 0 Å². The van der Waals surface area contributed by atoms with Gasteiger partial charge in [-0.1, -0.05) is 0 Å². The number of hydrogen-bond donors (Lipinski definition) is 2. The normalized spacial score (nSPS) is 22.0. The standard InChI is InChI=1S/C23H29N5O2/c1-14(2)25-21-17(13-24)11-23(12-20(21)29)6-8-28(9-7-23)22(30)16-4-5-18-19(10-16)27-15(3)26-18/h4-5,10,13-14H,6-9,11-12,24H2,1-3H3,(H,26,27). The molecule has 2 aliphatic rings. The first kappa shape index (κ1) is 20.3. The number of aryl methyl sites for hydroxylation is 1. The van der Waals surface area contributed by atoms with Crippen molar-refractivity contribution in [3.05, 3.63) is 41.4 Å². The van der Waals surface area contributed by atoms with Crippen LogP contribution >= 0.6 is 0 Å². The van der Waals surface area contributed by atoms with E-state index in [0.717, 1.165) is 41.7 Å². The fraction of sp³-hybridized carbons (Fsp3) is 0.478. The number of nitrogens with two attached hydrogens (primary N) is 1. The number of ketones is 1. The lowest BCUT2D eigenvalue weighted by atomic mass is 9.65. The number of carbonyl (C=O) groups is 2. The Balaban J connectivity index is 1.47. The molecule has 7 nitrogen and oxygen atoms in total. The molecule has 0 radical (unpaired) electrons. The molecular weight excluding hydrogens is 378 g/mol. The Bertz CT molecular complexity index is 1050. The summed E-state index contributed by atoms with van der Waals surface area (Å²) in [7, 11) is 0. The van der Waals surface area contributed by atoms with Crippen molar-refractivity contribution < 1.29 is 9.59 Å². The molecule has 7 heteroatoms. The molecule has 1 aliphatic carbocycles. The number of fused-ring (bicyclic) bond motifs is 1. The lowest BCUT2D eigenvalue weighted by Gasteiger charge is -2.44. The maximum atomic E-state index is 13.1. The summed E-state index contributed by atoms with van der Waals surface area (Å²) in [5.41, 5.74) is 9.52. The predicted molar refractivity (Wildman–Crippen MR) is 117 cm³/mol. The minimum Gasteiger partial charge on any atom is -0.404 e. The second-order valence-electron chi connectivity index (χ2n) is 8.89. The molecular formula is C23H29N5O2. The molecule has 0 unspecified atom stereocenters. The number of Topliss-reactive ketones (excluding diaryl/α,β-unsaturated/α-hetero) is 1. The van der Waals surface area contributed by atoms with Gasteiger partial charge in [0.1, 0.15) is 11.5 Å². The van der Waals surface area contributed by atoms with Gasteiger partial charge >= 0.3 is 0 Å². The zero-order valence-electron chi connectivity index (χ0n) is 17.9. The van der Waals surface area contributed by atoms with Crippen molar-refractivity contribution in [1.82, 2.24) is 14.9 Å². The molecule has 0 bridgehead atoms. The van der Waals surface area contributed by atoms with E-state index in [1.165, 1.54) is 0 Å². The van der Waals surface area contributed by atoms with Crippen molar-refractivity contribution in [2.75, 3.05) is 13.1 Å². The summed E-state index contributed by atoms with van der Waals surface area (Å²) in [4.78, 5) is 39.8. The summed E-state index contributed by atoms with van der Waals surface area (Å²) >= 11 is 0. The van der Waals surface area contributed by atoms with E-state index in [9.17, 15) is 9.59 Å². The van der Waals surface area contributed by atoms with Gasteiger partial charge < -0.3 is 15.6 Å². The highest BCUT2D eigenvalue weighted by molar-refractivity contribution is 6.47. The highest BCUT2D eigenvalue weighted by Crippen LogP contribution is 2.44. The van der Waals surface area contributed by atoms with Gasteiger partial charge in [-0.25, -0.2) is 4.98 Å². The van der Waals surface area contributed by atoms with Crippen molar-refractivity contribution in [2.45, 2.75) is 52.5 Å². The number of allylic oxidation sites excluding steroid dienone is 1.